The number of aromatic nitrogens is 3. The zero-order chi connectivity index (χ0) is 18.0. The lowest BCUT2D eigenvalue weighted by atomic mass is 10.1. The SMILES string of the molecule is Cc1cccc(NC(=O)C(=O)c2c(C)nn(-c3ccccc3)c2C)n1. The Morgan fingerprint density at radius 3 is 2.36 bits per heavy atom. The number of carbonyl (C=O) groups excluding carboxylic acids is 2. The molecule has 0 bridgehead atoms. The van der Waals surface area contributed by atoms with Crippen LogP contribution in [0.1, 0.15) is 27.4 Å². The van der Waals surface area contributed by atoms with E-state index in [9.17, 15) is 9.59 Å². The van der Waals surface area contributed by atoms with Gasteiger partial charge in [0.05, 0.1) is 22.6 Å². The molecule has 1 N–H and O–H groups in total. The number of hydrogen-bond donors (Lipinski definition) is 1. The molecule has 2 aromatic heterocycles. The molecule has 1 aromatic carbocycles. The van der Waals surface area contributed by atoms with E-state index in [1.54, 1.807) is 30.7 Å². The summed E-state index contributed by atoms with van der Waals surface area (Å²) in [6, 6.07) is 14.7. The molecule has 0 radical (unpaired) electrons. The Balaban J connectivity index is 1.90. The van der Waals surface area contributed by atoms with E-state index in [0.717, 1.165) is 11.4 Å². The lowest BCUT2D eigenvalue weighted by molar-refractivity contribution is -0.112. The molecule has 0 aliphatic rings. The third-order valence-corrected chi connectivity index (χ3v) is 3.86. The lowest BCUT2D eigenvalue weighted by Crippen LogP contribution is -2.24. The first kappa shape index (κ1) is 16.6. The van der Waals surface area contributed by atoms with E-state index in [0.29, 0.717) is 22.8 Å². The number of nitrogens with one attached hydrogen (secondary N) is 1. The van der Waals surface area contributed by atoms with E-state index in [1.165, 1.54) is 0 Å². The number of anilines is 1. The number of carbonyl (C=O) groups is 2. The molecule has 0 aliphatic carbocycles. The number of benzene rings is 1. The van der Waals surface area contributed by atoms with Crippen LogP contribution in [0.5, 0.6) is 0 Å². The number of ketones is 1. The summed E-state index contributed by atoms with van der Waals surface area (Å²) in [6.45, 7) is 5.31. The van der Waals surface area contributed by atoms with Gasteiger partial charge in [0.2, 0.25) is 0 Å². The Kier molecular flexibility index (Phi) is 4.43. The van der Waals surface area contributed by atoms with E-state index in [4.69, 9.17) is 0 Å². The highest BCUT2D eigenvalue weighted by atomic mass is 16.2. The molecule has 6 nitrogen and oxygen atoms in total. The van der Waals surface area contributed by atoms with Gasteiger partial charge in [-0.2, -0.15) is 5.10 Å². The van der Waals surface area contributed by atoms with Gasteiger partial charge >= 0.3 is 0 Å². The van der Waals surface area contributed by atoms with Gasteiger partial charge in [0, 0.05) is 5.69 Å². The molecule has 0 fully saturated rings. The molecule has 3 aromatic rings. The molecule has 0 aliphatic heterocycles. The molecule has 3 rings (SSSR count). The van der Waals surface area contributed by atoms with Gasteiger partial charge in [-0.1, -0.05) is 24.3 Å². The van der Waals surface area contributed by atoms with Gasteiger partial charge in [0.15, 0.2) is 0 Å². The fourth-order valence-corrected chi connectivity index (χ4v) is 2.69. The first-order chi connectivity index (χ1) is 12.0. The first-order valence-electron chi connectivity index (χ1n) is 7.88. The first-order valence-corrected chi connectivity index (χ1v) is 7.88. The Hall–Kier alpha value is -3.28. The summed E-state index contributed by atoms with van der Waals surface area (Å²) in [7, 11) is 0. The number of amides is 1. The summed E-state index contributed by atoms with van der Waals surface area (Å²) in [6.07, 6.45) is 0. The van der Waals surface area contributed by atoms with E-state index in [-0.39, 0.29) is 0 Å². The van der Waals surface area contributed by atoms with Crippen molar-refractivity contribution in [2.45, 2.75) is 20.8 Å². The molecule has 0 saturated heterocycles. The smallest absolute Gasteiger partial charge is 0.298 e. The van der Waals surface area contributed by atoms with Crippen LogP contribution in [0.4, 0.5) is 5.82 Å². The molecular formula is C19H18N4O2. The number of Topliss-reactive ketones (excluding diaryl/α,β-unsaturated/α-hetero) is 1. The number of para-hydroxylation sites is 1. The van der Waals surface area contributed by atoms with Gasteiger partial charge in [0.1, 0.15) is 5.82 Å². The van der Waals surface area contributed by atoms with Crippen LogP contribution in [0, 0.1) is 20.8 Å². The van der Waals surface area contributed by atoms with E-state index >= 15 is 0 Å². The standard InChI is InChI=1S/C19H18N4O2/c1-12-8-7-11-16(20-12)21-19(25)18(24)17-13(2)22-23(14(17)3)15-9-5-4-6-10-15/h4-11H,1-3H3,(H,20,21,25). The van der Waals surface area contributed by atoms with Crippen molar-refractivity contribution < 1.29 is 9.59 Å². The Morgan fingerprint density at radius 1 is 0.960 bits per heavy atom. The minimum Gasteiger partial charge on any atom is -0.304 e. The van der Waals surface area contributed by atoms with Gasteiger partial charge in [0.25, 0.3) is 11.7 Å². The van der Waals surface area contributed by atoms with Crippen molar-refractivity contribution in [3.63, 3.8) is 0 Å². The summed E-state index contributed by atoms with van der Waals surface area (Å²) < 4.78 is 1.67. The maximum atomic E-state index is 12.6. The average molecular weight is 334 g/mol. The van der Waals surface area contributed by atoms with E-state index < -0.39 is 11.7 Å². The predicted molar refractivity (Wildman–Crippen MR) is 95.0 cm³/mol. The fraction of sp³-hybridized carbons (Fsp3) is 0.158. The van der Waals surface area contributed by atoms with Crippen molar-refractivity contribution >= 4 is 17.5 Å². The third-order valence-electron chi connectivity index (χ3n) is 3.86. The van der Waals surface area contributed by atoms with Crippen molar-refractivity contribution in [3.05, 3.63) is 71.2 Å². The number of hydrogen-bond acceptors (Lipinski definition) is 4. The second kappa shape index (κ2) is 6.68. The third kappa shape index (κ3) is 3.33. The minimum absolute atomic E-state index is 0.314. The van der Waals surface area contributed by atoms with Crippen molar-refractivity contribution in [3.8, 4) is 5.69 Å². The van der Waals surface area contributed by atoms with Crippen molar-refractivity contribution in [2.24, 2.45) is 0 Å². The van der Waals surface area contributed by atoms with Crippen LogP contribution in [-0.2, 0) is 4.79 Å². The normalized spacial score (nSPS) is 10.5. The summed E-state index contributed by atoms with van der Waals surface area (Å²) in [4.78, 5) is 29.1. The highest BCUT2D eigenvalue weighted by molar-refractivity contribution is 6.47. The Morgan fingerprint density at radius 2 is 1.68 bits per heavy atom. The van der Waals surface area contributed by atoms with E-state index in [1.807, 2.05) is 43.3 Å². The van der Waals surface area contributed by atoms with Crippen LogP contribution in [0.15, 0.2) is 48.5 Å². The van der Waals surface area contributed by atoms with Crippen molar-refractivity contribution in [2.75, 3.05) is 5.32 Å². The summed E-state index contributed by atoms with van der Waals surface area (Å²) in [5.74, 6) is -0.999. The van der Waals surface area contributed by atoms with Gasteiger partial charge in [-0.05, 0) is 45.0 Å². The molecule has 1 amide bonds. The van der Waals surface area contributed by atoms with Gasteiger partial charge in [-0.25, -0.2) is 9.67 Å². The van der Waals surface area contributed by atoms with Crippen LogP contribution in [-0.4, -0.2) is 26.5 Å². The zero-order valence-electron chi connectivity index (χ0n) is 14.3. The molecule has 25 heavy (non-hydrogen) atoms. The molecule has 2 heterocycles. The monoisotopic (exact) mass is 334 g/mol. The van der Waals surface area contributed by atoms with Crippen LogP contribution in [0.25, 0.3) is 5.69 Å². The maximum Gasteiger partial charge on any atom is 0.298 e. The quantitative estimate of drug-likeness (QED) is 0.588. The second-order valence-electron chi connectivity index (χ2n) is 5.74. The minimum atomic E-state index is -0.725. The van der Waals surface area contributed by atoms with Crippen LogP contribution in [0.3, 0.4) is 0 Å². The maximum absolute atomic E-state index is 12.6. The Bertz CT molecular complexity index is 945. The predicted octanol–water partition coefficient (Wildman–Crippen LogP) is 3.01. The molecule has 126 valence electrons. The molecule has 6 heteroatoms. The van der Waals surface area contributed by atoms with Gasteiger partial charge in [-0.15, -0.1) is 0 Å². The topological polar surface area (TPSA) is 76.9 Å². The van der Waals surface area contributed by atoms with Crippen molar-refractivity contribution in [1.29, 1.82) is 0 Å². The number of nitrogens with zero attached hydrogens (tertiary/aromatic N) is 3. The lowest BCUT2D eigenvalue weighted by Gasteiger charge is -2.06. The second-order valence-corrected chi connectivity index (χ2v) is 5.74. The Labute approximate surface area is 145 Å². The summed E-state index contributed by atoms with van der Waals surface area (Å²) in [5.41, 5.74) is 3.05. The highest BCUT2D eigenvalue weighted by Gasteiger charge is 2.25. The van der Waals surface area contributed by atoms with Gasteiger partial charge in [-0.3, -0.25) is 9.59 Å². The summed E-state index contributed by atoms with van der Waals surface area (Å²) in [5, 5.41) is 6.95. The van der Waals surface area contributed by atoms with Crippen molar-refractivity contribution in [1.82, 2.24) is 14.8 Å². The molecule has 0 atom stereocenters. The van der Waals surface area contributed by atoms with Crippen LogP contribution < -0.4 is 5.32 Å². The number of aryl methyl sites for hydroxylation is 2. The van der Waals surface area contributed by atoms with Gasteiger partial charge < -0.3 is 5.32 Å². The number of rotatable bonds is 4. The zero-order valence-corrected chi connectivity index (χ0v) is 14.3. The van der Waals surface area contributed by atoms with E-state index in [2.05, 4.69) is 15.4 Å². The molecule has 0 unspecified atom stereocenters. The van der Waals surface area contributed by atoms with Crippen LogP contribution in [0.2, 0.25) is 0 Å². The molecule has 0 saturated carbocycles. The molecular weight excluding hydrogens is 316 g/mol. The largest absolute Gasteiger partial charge is 0.304 e. The summed E-state index contributed by atoms with van der Waals surface area (Å²) >= 11 is 0. The highest BCUT2D eigenvalue weighted by Crippen LogP contribution is 2.19. The molecule has 0 spiro atoms. The van der Waals surface area contributed by atoms with Crippen LogP contribution >= 0.6 is 0 Å². The fourth-order valence-electron chi connectivity index (χ4n) is 2.69. The average Bonchev–Trinajstić information content (AvgIpc) is 2.89. The number of pyridine rings is 1.